The van der Waals surface area contributed by atoms with E-state index in [0.717, 1.165) is 12.8 Å². The molecule has 2 unspecified atom stereocenters. The van der Waals surface area contributed by atoms with Crippen LogP contribution in [0.15, 0.2) is 30.3 Å². The molecule has 0 amide bonds. The molecular weight excluding hydrogens is 216 g/mol. The van der Waals surface area contributed by atoms with Crippen molar-refractivity contribution in [3.63, 3.8) is 0 Å². The predicted molar refractivity (Wildman–Crippen MR) is 73.2 cm³/mol. The lowest BCUT2D eigenvalue weighted by Crippen LogP contribution is -2.15. The van der Waals surface area contributed by atoms with Gasteiger partial charge in [-0.2, -0.15) is 0 Å². The molecule has 0 nitrogen and oxygen atoms in total. The highest BCUT2D eigenvalue weighted by molar-refractivity contribution is 6.21. The maximum atomic E-state index is 6.53. The van der Waals surface area contributed by atoms with E-state index in [9.17, 15) is 0 Å². The second-order valence-electron chi connectivity index (χ2n) is 4.95. The minimum atomic E-state index is 0.273. The third-order valence-electron chi connectivity index (χ3n) is 2.95. The fourth-order valence-electron chi connectivity index (χ4n) is 2.18. The average molecular weight is 239 g/mol. The molecule has 0 bridgehead atoms. The first kappa shape index (κ1) is 13.6. The molecule has 1 aromatic rings. The summed E-state index contributed by atoms with van der Waals surface area (Å²) in [6.07, 6.45) is 3.45. The minimum absolute atomic E-state index is 0.273. The van der Waals surface area contributed by atoms with E-state index >= 15 is 0 Å². The predicted octanol–water partition coefficient (Wildman–Crippen LogP) is 5.22. The van der Waals surface area contributed by atoms with Crippen LogP contribution in [-0.2, 0) is 0 Å². The molecule has 0 aliphatic rings. The van der Waals surface area contributed by atoms with Gasteiger partial charge in [0.05, 0.1) is 0 Å². The van der Waals surface area contributed by atoms with Crippen molar-refractivity contribution in [1.29, 1.82) is 0 Å². The van der Waals surface area contributed by atoms with Crippen molar-refractivity contribution in [2.75, 3.05) is 0 Å². The maximum Gasteiger partial charge on any atom is 0.0404 e. The molecule has 0 aromatic heterocycles. The Balaban J connectivity index is 2.78. The Morgan fingerprint density at radius 3 is 2.25 bits per heavy atom. The molecule has 0 N–H and O–H groups in total. The molecule has 90 valence electrons. The Bertz CT molecular complexity index is 279. The summed E-state index contributed by atoms with van der Waals surface area (Å²) >= 11 is 6.53. The van der Waals surface area contributed by atoms with Crippen molar-refractivity contribution >= 4 is 11.6 Å². The number of hydrogen-bond donors (Lipinski definition) is 0. The lowest BCUT2D eigenvalue weighted by Gasteiger charge is -2.24. The van der Waals surface area contributed by atoms with E-state index in [0.29, 0.717) is 11.8 Å². The van der Waals surface area contributed by atoms with Crippen LogP contribution in [0.5, 0.6) is 0 Å². The molecule has 1 aromatic carbocycles. The molecule has 0 aliphatic carbocycles. The zero-order valence-corrected chi connectivity index (χ0v) is 11.4. The molecule has 1 rings (SSSR count). The van der Waals surface area contributed by atoms with Crippen molar-refractivity contribution in [3.05, 3.63) is 35.9 Å². The summed E-state index contributed by atoms with van der Waals surface area (Å²) in [7, 11) is 0. The quantitative estimate of drug-likeness (QED) is 0.596. The topological polar surface area (TPSA) is 0 Å². The van der Waals surface area contributed by atoms with Gasteiger partial charge in [0.1, 0.15) is 0 Å². The summed E-state index contributed by atoms with van der Waals surface area (Å²) in [5, 5.41) is 0.273. The Labute approximate surface area is 105 Å². The molecule has 2 atom stereocenters. The Morgan fingerprint density at radius 2 is 1.75 bits per heavy atom. The zero-order valence-electron chi connectivity index (χ0n) is 10.6. The van der Waals surface area contributed by atoms with E-state index in [2.05, 4.69) is 51.1 Å². The lowest BCUT2D eigenvalue weighted by molar-refractivity contribution is 0.469. The van der Waals surface area contributed by atoms with Crippen LogP contribution in [0.25, 0.3) is 0 Å². The van der Waals surface area contributed by atoms with Gasteiger partial charge < -0.3 is 0 Å². The van der Waals surface area contributed by atoms with Gasteiger partial charge in [-0.1, -0.05) is 57.5 Å². The second-order valence-corrected chi connectivity index (χ2v) is 5.51. The van der Waals surface area contributed by atoms with E-state index in [1.165, 1.54) is 12.0 Å². The van der Waals surface area contributed by atoms with Crippen molar-refractivity contribution in [3.8, 4) is 0 Å². The van der Waals surface area contributed by atoms with Crippen LogP contribution in [0.2, 0.25) is 0 Å². The first-order valence-electron chi connectivity index (χ1n) is 6.34. The monoisotopic (exact) mass is 238 g/mol. The highest BCUT2D eigenvalue weighted by Crippen LogP contribution is 2.32. The van der Waals surface area contributed by atoms with Crippen molar-refractivity contribution in [2.45, 2.75) is 51.3 Å². The molecule has 0 aliphatic heterocycles. The molecule has 0 saturated carbocycles. The molecule has 0 heterocycles. The maximum absolute atomic E-state index is 6.53. The van der Waals surface area contributed by atoms with E-state index in [-0.39, 0.29) is 5.38 Å². The Hall–Kier alpha value is -0.490. The average Bonchev–Trinajstić information content (AvgIpc) is 2.27. The summed E-state index contributed by atoms with van der Waals surface area (Å²) in [6.45, 7) is 6.74. The van der Waals surface area contributed by atoms with E-state index in [1.54, 1.807) is 0 Å². The van der Waals surface area contributed by atoms with Crippen LogP contribution < -0.4 is 0 Å². The van der Waals surface area contributed by atoms with Crippen molar-refractivity contribution in [1.82, 2.24) is 0 Å². The van der Waals surface area contributed by atoms with Gasteiger partial charge in [0.25, 0.3) is 0 Å². The standard InChI is InChI=1S/C15H23Cl/c1-4-8-15(16)14(11-12(2)3)13-9-6-5-7-10-13/h5-7,9-10,12,14-15H,4,8,11H2,1-3H3. The van der Waals surface area contributed by atoms with Crippen LogP contribution in [-0.4, -0.2) is 5.38 Å². The van der Waals surface area contributed by atoms with Crippen LogP contribution >= 0.6 is 11.6 Å². The second kappa shape index (κ2) is 6.96. The van der Waals surface area contributed by atoms with Crippen LogP contribution in [0.3, 0.4) is 0 Å². The number of benzene rings is 1. The van der Waals surface area contributed by atoms with Gasteiger partial charge in [-0.25, -0.2) is 0 Å². The van der Waals surface area contributed by atoms with Crippen molar-refractivity contribution in [2.24, 2.45) is 5.92 Å². The number of hydrogen-bond acceptors (Lipinski definition) is 0. The summed E-state index contributed by atoms with van der Waals surface area (Å²) in [5.74, 6) is 1.20. The fraction of sp³-hybridized carbons (Fsp3) is 0.600. The minimum Gasteiger partial charge on any atom is -0.122 e. The normalized spacial score (nSPS) is 15.1. The third kappa shape index (κ3) is 4.17. The van der Waals surface area contributed by atoms with E-state index < -0.39 is 0 Å². The molecule has 0 saturated heterocycles. The number of halogens is 1. The Morgan fingerprint density at radius 1 is 1.12 bits per heavy atom. The molecule has 0 radical (unpaired) electrons. The molecular formula is C15H23Cl. The van der Waals surface area contributed by atoms with Gasteiger partial charge >= 0.3 is 0 Å². The number of rotatable bonds is 6. The Kier molecular flexibility index (Phi) is 5.90. The van der Waals surface area contributed by atoms with Gasteiger partial charge in [-0.3, -0.25) is 0 Å². The molecule has 0 spiro atoms. The van der Waals surface area contributed by atoms with Crippen LogP contribution in [0.4, 0.5) is 0 Å². The van der Waals surface area contributed by atoms with Crippen LogP contribution in [0.1, 0.15) is 51.5 Å². The molecule has 1 heteroatoms. The van der Waals surface area contributed by atoms with E-state index in [4.69, 9.17) is 11.6 Å². The van der Waals surface area contributed by atoms with Gasteiger partial charge in [0.15, 0.2) is 0 Å². The van der Waals surface area contributed by atoms with Gasteiger partial charge in [0, 0.05) is 11.3 Å². The van der Waals surface area contributed by atoms with Gasteiger partial charge in [-0.05, 0) is 24.3 Å². The zero-order chi connectivity index (χ0) is 12.0. The summed E-state index contributed by atoms with van der Waals surface area (Å²) < 4.78 is 0. The largest absolute Gasteiger partial charge is 0.122 e. The van der Waals surface area contributed by atoms with Gasteiger partial charge in [0.2, 0.25) is 0 Å². The lowest BCUT2D eigenvalue weighted by atomic mass is 9.86. The first-order chi connectivity index (χ1) is 7.65. The fourth-order valence-corrected chi connectivity index (χ4v) is 2.64. The van der Waals surface area contributed by atoms with Gasteiger partial charge in [-0.15, -0.1) is 11.6 Å². The molecule has 0 fully saturated rings. The SMILES string of the molecule is CCCC(Cl)C(CC(C)C)c1ccccc1. The third-order valence-corrected chi connectivity index (χ3v) is 3.48. The highest BCUT2D eigenvalue weighted by atomic mass is 35.5. The van der Waals surface area contributed by atoms with Crippen LogP contribution in [0, 0.1) is 5.92 Å². The summed E-state index contributed by atoms with van der Waals surface area (Å²) in [6, 6.07) is 10.7. The summed E-state index contributed by atoms with van der Waals surface area (Å²) in [4.78, 5) is 0. The number of alkyl halides is 1. The summed E-state index contributed by atoms with van der Waals surface area (Å²) in [5.41, 5.74) is 1.39. The first-order valence-corrected chi connectivity index (χ1v) is 6.77. The smallest absolute Gasteiger partial charge is 0.0404 e. The molecule has 16 heavy (non-hydrogen) atoms. The van der Waals surface area contributed by atoms with E-state index in [1.807, 2.05) is 0 Å². The van der Waals surface area contributed by atoms with Crippen molar-refractivity contribution < 1.29 is 0 Å². The highest BCUT2D eigenvalue weighted by Gasteiger charge is 2.21.